The van der Waals surface area contributed by atoms with Crippen LogP contribution in [0, 0.1) is 5.92 Å². The average molecular weight is 300 g/mol. The number of hydrogen-bond donors (Lipinski definition) is 1. The van der Waals surface area contributed by atoms with Crippen LogP contribution in [-0.4, -0.2) is 26.6 Å². The van der Waals surface area contributed by atoms with Crippen LogP contribution in [0.3, 0.4) is 0 Å². The van der Waals surface area contributed by atoms with Gasteiger partial charge in [-0.15, -0.1) is 0 Å². The molecule has 1 aliphatic rings. The van der Waals surface area contributed by atoms with Crippen molar-refractivity contribution in [1.29, 1.82) is 0 Å². The SMILES string of the molecule is COc1cc(CC(C)N)cc(Cl)c1OCOCC1CC1. The van der Waals surface area contributed by atoms with Crippen LogP contribution in [-0.2, 0) is 11.2 Å². The van der Waals surface area contributed by atoms with Crippen LogP contribution >= 0.6 is 11.6 Å². The molecule has 112 valence electrons. The van der Waals surface area contributed by atoms with Gasteiger partial charge in [0.25, 0.3) is 0 Å². The summed E-state index contributed by atoms with van der Waals surface area (Å²) in [6.45, 7) is 2.90. The molecule has 1 aromatic carbocycles. The van der Waals surface area contributed by atoms with Gasteiger partial charge in [-0.05, 0) is 49.8 Å². The Morgan fingerprint density at radius 3 is 2.75 bits per heavy atom. The second kappa shape index (κ2) is 7.16. The minimum atomic E-state index is 0.0735. The number of rotatable bonds is 8. The molecule has 1 aromatic rings. The van der Waals surface area contributed by atoms with E-state index >= 15 is 0 Å². The summed E-state index contributed by atoms with van der Waals surface area (Å²) in [6.07, 6.45) is 3.26. The molecule has 0 bridgehead atoms. The maximum absolute atomic E-state index is 6.25. The third-order valence-electron chi connectivity index (χ3n) is 3.18. The van der Waals surface area contributed by atoms with Gasteiger partial charge in [0, 0.05) is 6.04 Å². The van der Waals surface area contributed by atoms with Crippen molar-refractivity contribution in [1.82, 2.24) is 0 Å². The molecule has 0 amide bonds. The fourth-order valence-corrected chi connectivity index (χ4v) is 2.29. The molecule has 0 aromatic heterocycles. The molecule has 0 aliphatic heterocycles. The van der Waals surface area contributed by atoms with E-state index in [2.05, 4.69) is 0 Å². The first-order valence-electron chi connectivity index (χ1n) is 6.92. The lowest BCUT2D eigenvalue weighted by Crippen LogP contribution is -2.17. The van der Waals surface area contributed by atoms with Crippen LogP contribution in [0.1, 0.15) is 25.3 Å². The van der Waals surface area contributed by atoms with E-state index in [1.165, 1.54) is 12.8 Å². The van der Waals surface area contributed by atoms with E-state index in [0.29, 0.717) is 22.4 Å². The molecule has 20 heavy (non-hydrogen) atoms. The first kappa shape index (κ1) is 15.4. The van der Waals surface area contributed by atoms with E-state index in [0.717, 1.165) is 18.6 Å². The zero-order valence-electron chi connectivity index (χ0n) is 12.0. The molecule has 0 spiro atoms. The van der Waals surface area contributed by atoms with Crippen LogP contribution in [0.15, 0.2) is 12.1 Å². The van der Waals surface area contributed by atoms with Gasteiger partial charge in [-0.3, -0.25) is 0 Å². The van der Waals surface area contributed by atoms with Gasteiger partial charge in [0.2, 0.25) is 0 Å². The standard InChI is InChI=1S/C15H22ClNO3/c1-10(17)5-12-6-13(16)15(14(7-12)18-2)20-9-19-8-11-3-4-11/h6-7,10-11H,3-5,8-9,17H2,1-2H3. The summed E-state index contributed by atoms with van der Waals surface area (Å²) in [6, 6.07) is 3.85. The summed E-state index contributed by atoms with van der Waals surface area (Å²) >= 11 is 6.25. The highest BCUT2D eigenvalue weighted by atomic mass is 35.5. The fraction of sp³-hybridized carbons (Fsp3) is 0.600. The van der Waals surface area contributed by atoms with Crippen LogP contribution in [0.2, 0.25) is 5.02 Å². The van der Waals surface area contributed by atoms with Gasteiger partial charge in [-0.2, -0.15) is 0 Å². The monoisotopic (exact) mass is 299 g/mol. The van der Waals surface area contributed by atoms with Crippen molar-refractivity contribution in [2.75, 3.05) is 20.5 Å². The van der Waals surface area contributed by atoms with Gasteiger partial charge in [-0.1, -0.05) is 11.6 Å². The smallest absolute Gasteiger partial charge is 0.189 e. The van der Waals surface area contributed by atoms with E-state index in [1.54, 1.807) is 7.11 Å². The number of hydrogen-bond acceptors (Lipinski definition) is 4. The number of methoxy groups -OCH3 is 1. The minimum absolute atomic E-state index is 0.0735. The maximum atomic E-state index is 6.25. The minimum Gasteiger partial charge on any atom is -0.493 e. The molecule has 1 fully saturated rings. The van der Waals surface area contributed by atoms with Gasteiger partial charge in [-0.25, -0.2) is 0 Å². The Balaban J connectivity index is 1.98. The molecule has 1 atom stereocenters. The van der Waals surface area contributed by atoms with E-state index < -0.39 is 0 Å². The Bertz CT molecular complexity index is 447. The van der Waals surface area contributed by atoms with Gasteiger partial charge in [0.15, 0.2) is 18.3 Å². The molecule has 0 heterocycles. The molecule has 1 saturated carbocycles. The Kier molecular flexibility index (Phi) is 5.52. The van der Waals surface area contributed by atoms with Crippen molar-refractivity contribution in [3.63, 3.8) is 0 Å². The third kappa shape index (κ3) is 4.54. The van der Waals surface area contributed by atoms with Crippen molar-refractivity contribution >= 4 is 11.6 Å². The molecule has 5 heteroatoms. The molecule has 0 saturated heterocycles. The maximum Gasteiger partial charge on any atom is 0.189 e. The van der Waals surface area contributed by atoms with E-state index in [4.69, 9.17) is 31.5 Å². The van der Waals surface area contributed by atoms with Gasteiger partial charge < -0.3 is 19.9 Å². The summed E-state index contributed by atoms with van der Waals surface area (Å²) in [5.41, 5.74) is 6.84. The second-order valence-corrected chi connectivity index (χ2v) is 5.77. The Hall–Kier alpha value is -0.970. The van der Waals surface area contributed by atoms with Crippen LogP contribution < -0.4 is 15.2 Å². The Morgan fingerprint density at radius 2 is 2.15 bits per heavy atom. The summed E-state index contributed by atoms with van der Waals surface area (Å²) in [5.74, 6) is 1.85. The number of ether oxygens (including phenoxy) is 3. The predicted octanol–water partition coefficient (Wildman–Crippen LogP) is 3.00. The molecular weight excluding hydrogens is 278 g/mol. The zero-order chi connectivity index (χ0) is 14.5. The summed E-state index contributed by atoms with van der Waals surface area (Å²) in [5, 5.41) is 0.523. The van der Waals surface area contributed by atoms with Gasteiger partial charge >= 0.3 is 0 Å². The molecule has 0 radical (unpaired) electrons. The van der Waals surface area contributed by atoms with Crippen molar-refractivity contribution in [2.24, 2.45) is 11.7 Å². The zero-order valence-corrected chi connectivity index (χ0v) is 12.8. The first-order valence-corrected chi connectivity index (χ1v) is 7.30. The number of nitrogens with two attached hydrogens (primary N) is 1. The molecule has 1 aliphatic carbocycles. The lowest BCUT2D eigenvalue weighted by molar-refractivity contribution is 0.00870. The highest BCUT2D eigenvalue weighted by Gasteiger charge is 2.21. The van der Waals surface area contributed by atoms with E-state index in [-0.39, 0.29) is 12.8 Å². The van der Waals surface area contributed by atoms with Crippen molar-refractivity contribution in [3.8, 4) is 11.5 Å². The Labute approximate surface area is 125 Å². The van der Waals surface area contributed by atoms with Crippen LogP contribution in [0.5, 0.6) is 11.5 Å². The van der Waals surface area contributed by atoms with Crippen molar-refractivity contribution < 1.29 is 14.2 Å². The summed E-state index contributed by atoms with van der Waals surface area (Å²) < 4.78 is 16.4. The molecule has 4 nitrogen and oxygen atoms in total. The van der Waals surface area contributed by atoms with Crippen molar-refractivity contribution in [2.45, 2.75) is 32.2 Å². The topological polar surface area (TPSA) is 53.7 Å². The Morgan fingerprint density at radius 1 is 1.40 bits per heavy atom. The lowest BCUT2D eigenvalue weighted by atomic mass is 10.1. The van der Waals surface area contributed by atoms with Crippen LogP contribution in [0.25, 0.3) is 0 Å². The van der Waals surface area contributed by atoms with E-state index in [1.807, 2.05) is 19.1 Å². The van der Waals surface area contributed by atoms with Crippen LogP contribution in [0.4, 0.5) is 0 Å². The molecule has 1 unspecified atom stereocenters. The normalized spacial score (nSPS) is 16.0. The van der Waals surface area contributed by atoms with Gasteiger partial charge in [0.05, 0.1) is 18.7 Å². The highest BCUT2D eigenvalue weighted by Crippen LogP contribution is 2.37. The van der Waals surface area contributed by atoms with Crippen molar-refractivity contribution in [3.05, 3.63) is 22.7 Å². The average Bonchev–Trinajstić information content (AvgIpc) is 3.19. The summed E-state index contributed by atoms with van der Waals surface area (Å²) in [4.78, 5) is 0. The van der Waals surface area contributed by atoms with E-state index in [9.17, 15) is 0 Å². The summed E-state index contributed by atoms with van der Waals surface area (Å²) in [7, 11) is 1.60. The molecule has 2 N–H and O–H groups in total. The largest absolute Gasteiger partial charge is 0.493 e. The highest BCUT2D eigenvalue weighted by molar-refractivity contribution is 6.32. The molecule has 2 rings (SSSR count). The fourth-order valence-electron chi connectivity index (χ4n) is 2.00. The first-order chi connectivity index (χ1) is 9.60. The predicted molar refractivity (Wildman–Crippen MR) is 79.5 cm³/mol. The second-order valence-electron chi connectivity index (χ2n) is 5.37. The third-order valence-corrected chi connectivity index (χ3v) is 3.46. The van der Waals surface area contributed by atoms with Gasteiger partial charge in [0.1, 0.15) is 0 Å². The number of halogens is 1. The quantitative estimate of drug-likeness (QED) is 0.592. The molecular formula is C15H22ClNO3. The number of benzene rings is 1. The lowest BCUT2D eigenvalue weighted by Gasteiger charge is -2.15.